The largest absolute Gasteiger partial charge is 0.354 e. The number of amides is 1. The van der Waals surface area contributed by atoms with Crippen molar-refractivity contribution in [1.82, 2.24) is 10.2 Å². The molecule has 0 aromatic carbocycles. The molecule has 1 aliphatic heterocycles. The summed E-state index contributed by atoms with van der Waals surface area (Å²) < 4.78 is 0. The second-order valence-corrected chi connectivity index (χ2v) is 5.24. The Morgan fingerprint density at radius 1 is 1.44 bits per heavy atom. The van der Waals surface area contributed by atoms with Crippen LogP contribution in [0.3, 0.4) is 0 Å². The van der Waals surface area contributed by atoms with Gasteiger partial charge in [-0.05, 0) is 51.2 Å². The van der Waals surface area contributed by atoms with Gasteiger partial charge in [0.15, 0.2) is 0 Å². The lowest BCUT2D eigenvalue weighted by atomic mass is 9.96. The standard InChI is InChI=1S/C12H23N3O/c1-2-15-7-3-10(4-8-15)9-14-11(16)12(13)5-6-12/h10H,2-9,13H2,1H3,(H,14,16). The molecule has 0 radical (unpaired) electrons. The van der Waals surface area contributed by atoms with Crippen LogP contribution < -0.4 is 11.1 Å². The monoisotopic (exact) mass is 225 g/mol. The van der Waals surface area contributed by atoms with Crippen LogP contribution in [0.4, 0.5) is 0 Å². The molecule has 1 saturated heterocycles. The number of carbonyl (C=O) groups excluding carboxylic acids is 1. The fourth-order valence-corrected chi connectivity index (χ4v) is 2.28. The lowest BCUT2D eigenvalue weighted by Gasteiger charge is -2.31. The van der Waals surface area contributed by atoms with E-state index in [0.29, 0.717) is 5.92 Å². The minimum atomic E-state index is -0.510. The molecule has 0 spiro atoms. The van der Waals surface area contributed by atoms with E-state index in [1.54, 1.807) is 0 Å². The molecule has 0 unspecified atom stereocenters. The molecule has 0 aromatic heterocycles. The molecule has 0 aromatic rings. The summed E-state index contributed by atoms with van der Waals surface area (Å²) in [4.78, 5) is 14.1. The first-order valence-corrected chi connectivity index (χ1v) is 6.43. The number of carbonyl (C=O) groups is 1. The third-order valence-electron chi connectivity index (χ3n) is 3.95. The zero-order valence-electron chi connectivity index (χ0n) is 10.2. The van der Waals surface area contributed by atoms with E-state index >= 15 is 0 Å². The lowest BCUT2D eigenvalue weighted by molar-refractivity contribution is -0.123. The number of hydrogen-bond acceptors (Lipinski definition) is 3. The average Bonchev–Trinajstić information content (AvgIpc) is 3.06. The highest BCUT2D eigenvalue weighted by atomic mass is 16.2. The van der Waals surface area contributed by atoms with E-state index in [0.717, 1.165) is 25.9 Å². The van der Waals surface area contributed by atoms with Gasteiger partial charge in [-0.15, -0.1) is 0 Å². The zero-order valence-corrected chi connectivity index (χ0v) is 10.2. The Bertz CT molecular complexity index is 255. The number of nitrogens with zero attached hydrogens (tertiary/aromatic N) is 1. The molecule has 0 atom stereocenters. The molecule has 2 rings (SSSR count). The van der Waals surface area contributed by atoms with Crippen molar-refractivity contribution in [2.24, 2.45) is 11.7 Å². The minimum absolute atomic E-state index is 0.0606. The normalized spacial score (nSPS) is 25.4. The van der Waals surface area contributed by atoms with E-state index in [-0.39, 0.29) is 5.91 Å². The molecule has 2 aliphatic rings. The quantitative estimate of drug-likeness (QED) is 0.725. The van der Waals surface area contributed by atoms with Gasteiger partial charge in [-0.1, -0.05) is 6.92 Å². The number of likely N-dealkylation sites (tertiary alicyclic amines) is 1. The summed E-state index contributed by atoms with van der Waals surface area (Å²) in [6.45, 7) is 6.50. The number of rotatable bonds is 4. The van der Waals surface area contributed by atoms with Crippen molar-refractivity contribution in [2.75, 3.05) is 26.2 Å². The molecule has 1 amide bonds. The minimum Gasteiger partial charge on any atom is -0.354 e. The first kappa shape index (κ1) is 11.9. The third-order valence-corrected chi connectivity index (χ3v) is 3.95. The van der Waals surface area contributed by atoms with Gasteiger partial charge in [0.25, 0.3) is 0 Å². The fraction of sp³-hybridized carbons (Fsp3) is 0.917. The molecule has 16 heavy (non-hydrogen) atoms. The second-order valence-electron chi connectivity index (χ2n) is 5.24. The van der Waals surface area contributed by atoms with Crippen molar-refractivity contribution in [3.63, 3.8) is 0 Å². The van der Waals surface area contributed by atoms with Gasteiger partial charge in [-0.25, -0.2) is 0 Å². The Balaban J connectivity index is 1.65. The molecule has 92 valence electrons. The SMILES string of the molecule is CCN1CCC(CNC(=O)C2(N)CC2)CC1. The summed E-state index contributed by atoms with van der Waals surface area (Å²) in [6.07, 6.45) is 4.11. The molecular formula is C12H23N3O. The highest BCUT2D eigenvalue weighted by Gasteiger charge is 2.45. The first-order chi connectivity index (χ1) is 7.64. The third kappa shape index (κ3) is 2.74. The molecule has 1 aliphatic carbocycles. The first-order valence-electron chi connectivity index (χ1n) is 6.43. The fourth-order valence-electron chi connectivity index (χ4n) is 2.28. The Morgan fingerprint density at radius 2 is 2.06 bits per heavy atom. The second kappa shape index (κ2) is 4.72. The van der Waals surface area contributed by atoms with Crippen molar-refractivity contribution < 1.29 is 4.79 Å². The highest BCUT2D eigenvalue weighted by molar-refractivity contribution is 5.88. The molecular weight excluding hydrogens is 202 g/mol. The summed E-state index contributed by atoms with van der Waals surface area (Å²) in [5.41, 5.74) is 5.32. The van der Waals surface area contributed by atoms with E-state index in [2.05, 4.69) is 17.1 Å². The molecule has 2 fully saturated rings. The van der Waals surface area contributed by atoms with E-state index in [1.165, 1.54) is 25.9 Å². The van der Waals surface area contributed by atoms with Crippen LogP contribution in [0, 0.1) is 5.92 Å². The maximum absolute atomic E-state index is 11.6. The number of piperidine rings is 1. The summed E-state index contributed by atoms with van der Waals surface area (Å²) >= 11 is 0. The molecule has 0 bridgehead atoms. The maximum atomic E-state index is 11.6. The van der Waals surface area contributed by atoms with Crippen LogP contribution in [0.5, 0.6) is 0 Å². The Kier molecular flexibility index (Phi) is 3.50. The van der Waals surface area contributed by atoms with Gasteiger partial charge in [0.1, 0.15) is 0 Å². The van der Waals surface area contributed by atoms with E-state index < -0.39 is 5.54 Å². The predicted octanol–water partition coefficient (Wildman–Crippen LogP) is 0.326. The van der Waals surface area contributed by atoms with Crippen molar-refractivity contribution in [2.45, 2.75) is 38.1 Å². The van der Waals surface area contributed by atoms with E-state index in [1.807, 2.05) is 0 Å². The summed E-state index contributed by atoms with van der Waals surface area (Å²) in [5.74, 6) is 0.708. The van der Waals surface area contributed by atoms with E-state index in [4.69, 9.17) is 5.73 Å². The molecule has 1 heterocycles. The van der Waals surface area contributed by atoms with Crippen molar-refractivity contribution in [3.8, 4) is 0 Å². The average molecular weight is 225 g/mol. The summed E-state index contributed by atoms with van der Waals surface area (Å²) in [5, 5.41) is 3.01. The van der Waals surface area contributed by atoms with Crippen LogP contribution in [0.15, 0.2) is 0 Å². The van der Waals surface area contributed by atoms with Gasteiger partial charge in [0.2, 0.25) is 5.91 Å². The van der Waals surface area contributed by atoms with Crippen LogP contribution in [0.1, 0.15) is 32.6 Å². The maximum Gasteiger partial charge on any atom is 0.240 e. The van der Waals surface area contributed by atoms with Crippen LogP contribution in [-0.4, -0.2) is 42.5 Å². The summed E-state index contributed by atoms with van der Waals surface area (Å²) in [6, 6.07) is 0. The van der Waals surface area contributed by atoms with Crippen molar-refractivity contribution in [1.29, 1.82) is 0 Å². The molecule has 4 heteroatoms. The van der Waals surface area contributed by atoms with Gasteiger partial charge in [0.05, 0.1) is 5.54 Å². The van der Waals surface area contributed by atoms with Crippen molar-refractivity contribution >= 4 is 5.91 Å². The smallest absolute Gasteiger partial charge is 0.240 e. The Labute approximate surface area is 97.6 Å². The van der Waals surface area contributed by atoms with Gasteiger partial charge < -0.3 is 16.0 Å². The predicted molar refractivity (Wildman–Crippen MR) is 64.0 cm³/mol. The van der Waals surface area contributed by atoms with Gasteiger partial charge in [-0.2, -0.15) is 0 Å². The van der Waals surface area contributed by atoms with Gasteiger partial charge >= 0.3 is 0 Å². The Morgan fingerprint density at radius 3 is 2.56 bits per heavy atom. The van der Waals surface area contributed by atoms with Crippen LogP contribution in [0.2, 0.25) is 0 Å². The topological polar surface area (TPSA) is 58.4 Å². The molecule has 1 saturated carbocycles. The van der Waals surface area contributed by atoms with E-state index in [9.17, 15) is 4.79 Å². The lowest BCUT2D eigenvalue weighted by Crippen LogP contribution is -2.45. The van der Waals surface area contributed by atoms with Crippen LogP contribution in [-0.2, 0) is 4.79 Å². The zero-order chi connectivity index (χ0) is 11.6. The summed E-state index contributed by atoms with van der Waals surface area (Å²) in [7, 11) is 0. The van der Waals surface area contributed by atoms with Gasteiger partial charge in [-0.3, -0.25) is 4.79 Å². The highest BCUT2D eigenvalue weighted by Crippen LogP contribution is 2.32. The van der Waals surface area contributed by atoms with Crippen molar-refractivity contribution in [3.05, 3.63) is 0 Å². The van der Waals surface area contributed by atoms with Gasteiger partial charge in [0, 0.05) is 6.54 Å². The molecule has 3 N–H and O–H groups in total. The molecule has 4 nitrogen and oxygen atoms in total. The number of nitrogens with two attached hydrogens (primary N) is 1. The number of hydrogen-bond donors (Lipinski definition) is 2. The van der Waals surface area contributed by atoms with Crippen LogP contribution >= 0.6 is 0 Å². The number of nitrogens with one attached hydrogen (secondary N) is 1. The Hall–Kier alpha value is -0.610. The van der Waals surface area contributed by atoms with Crippen LogP contribution in [0.25, 0.3) is 0 Å².